The summed E-state index contributed by atoms with van der Waals surface area (Å²) in [7, 11) is -10.7. The molecule has 4 N–H and O–H groups in total. The average Bonchev–Trinajstić information content (AvgIpc) is 2.77. The van der Waals surface area contributed by atoms with E-state index in [0.29, 0.717) is 0 Å². The lowest BCUT2D eigenvalue weighted by atomic mass is 9.96. The van der Waals surface area contributed by atoms with Gasteiger partial charge in [0, 0.05) is 17.5 Å². The number of hydrogen-bond donors (Lipinski definition) is 4. The van der Waals surface area contributed by atoms with E-state index < -0.39 is 61.4 Å². The Kier molecular flexibility index (Phi) is 8.92. The summed E-state index contributed by atoms with van der Waals surface area (Å²) in [6.07, 6.45) is -2.17. The molecule has 1 aliphatic rings. The van der Waals surface area contributed by atoms with Gasteiger partial charge >= 0.3 is 23.5 Å². The number of aliphatic hydroxyl groups excluding tert-OH is 1. The number of phosphoric ester groups is 2. The van der Waals surface area contributed by atoms with Crippen LogP contribution < -0.4 is 0 Å². The van der Waals surface area contributed by atoms with Crippen LogP contribution in [0.5, 0.6) is 0 Å². The van der Waals surface area contributed by atoms with Crippen LogP contribution in [0.4, 0.5) is 0 Å². The first-order chi connectivity index (χ1) is 11.9. The van der Waals surface area contributed by atoms with Gasteiger partial charge in [0.1, 0.15) is 14.0 Å². The fourth-order valence-electron chi connectivity index (χ4n) is 1.64. The van der Waals surface area contributed by atoms with Crippen LogP contribution >= 0.6 is 23.5 Å². The zero-order chi connectivity index (χ0) is 20.0. The summed E-state index contributed by atoms with van der Waals surface area (Å²) < 4.78 is 55.7. The van der Waals surface area contributed by atoms with Crippen molar-refractivity contribution >= 4 is 31.3 Å². The minimum absolute atomic E-state index is 0.0348. The van der Waals surface area contributed by atoms with Crippen molar-refractivity contribution in [1.82, 2.24) is 0 Å². The Balaban J connectivity index is 2.54. The molecule has 0 bridgehead atoms. The number of phosphoric acid groups is 3. The Morgan fingerprint density at radius 1 is 1.15 bits per heavy atom. The molecular formula is C7H15BN3O12P3. The summed E-state index contributed by atoms with van der Waals surface area (Å²) in [4.78, 5) is 30.2. The highest BCUT2D eigenvalue weighted by molar-refractivity contribution is 7.66. The molecule has 0 spiro atoms. The quantitative estimate of drug-likeness (QED) is 0.0855. The Morgan fingerprint density at radius 3 is 2.23 bits per heavy atom. The van der Waals surface area contributed by atoms with Crippen LogP contribution in [0.2, 0.25) is 0 Å². The van der Waals surface area contributed by atoms with E-state index in [1.165, 1.54) is 0 Å². The molecule has 26 heavy (non-hydrogen) atoms. The van der Waals surface area contributed by atoms with E-state index in [9.17, 15) is 33.5 Å². The van der Waals surface area contributed by atoms with Crippen LogP contribution in [0.1, 0.15) is 6.42 Å². The number of rotatable bonds is 11. The molecule has 2 radical (unpaired) electrons. The Hall–Kier alpha value is -0.295. The highest BCUT2D eigenvalue weighted by Gasteiger charge is 2.43. The molecule has 0 aromatic carbocycles. The molecule has 1 fully saturated rings. The van der Waals surface area contributed by atoms with Gasteiger partial charge in [-0.15, -0.1) is 0 Å². The molecule has 0 aliphatic carbocycles. The molecule has 6 atom stereocenters. The molecule has 0 aromatic heterocycles. The van der Waals surface area contributed by atoms with Crippen molar-refractivity contribution in [3.63, 3.8) is 0 Å². The standard InChI is InChI=1S/C7H15BN3O12P3/c8-7-3-5(12)6(21-7)4-20-25(15,16)23-26(17,18)22-24(13,14)19-2-1-10-11-9/h5-7,12H,1-4H2,(H,13,14)(H,15,16)(H,17,18). The summed E-state index contributed by atoms with van der Waals surface area (Å²) >= 11 is 0. The largest absolute Gasteiger partial charge is 0.490 e. The minimum Gasteiger partial charge on any atom is -0.390 e. The molecule has 0 amide bonds. The van der Waals surface area contributed by atoms with Crippen molar-refractivity contribution in [2.24, 2.45) is 5.11 Å². The maximum absolute atomic E-state index is 11.6. The smallest absolute Gasteiger partial charge is 0.390 e. The number of aliphatic hydroxyl groups is 1. The maximum Gasteiger partial charge on any atom is 0.490 e. The van der Waals surface area contributed by atoms with Gasteiger partial charge < -0.3 is 24.5 Å². The third-order valence-corrected chi connectivity index (χ3v) is 6.86. The van der Waals surface area contributed by atoms with Gasteiger partial charge in [-0.05, 0) is 12.0 Å². The fourth-order valence-corrected chi connectivity index (χ4v) is 5.14. The number of ether oxygens (including phenoxy) is 1. The number of hydrogen-bond acceptors (Lipinski definition) is 10. The van der Waals surface area contributed by atoms with Crippen LogP contribution in [-0.2, 0) is 36.1 Å². The van der Waals surface area contributed by atoms with E-state index in [2.05, 4.69) is 27.7 Å². The van der Waals surface area contributed by atoms with Crippen molar-refractivity contribution in [2.45, 2.75) is 24.6 Å². The van der Waals surface area contributed by atoms with Crippen LogP contribution in [0, 0.1) is 0 Å². The van der Waals surface area contributed by atoms with E-state index in [-0.39, 0.29) is 6.42 Å². The van der Waals surface area contributed by atoms with Crippen molar-refractivity contribution in [3.8, 4) is 0 Å². The lowest BCUT2D eigenvalue weighted by Crippen LogP contribution is -2.26. The zero-order valence-electron chi connectivity index (χ0n) is 12.9. The molecule has 19 heteroatoms. The van der Waals surface area contributed by atoms with Crippen molar-refractivity contribution in [1.29, 1.82) is 0 Å². The molecule has 148 valence electrons. The third kappa shape index (κ3) is 9.07. The lowest BCUT2D eigenvalue weighted by molar-refractivity contribution is -0.00421. The number of nitrogens with zero attached hydrogens (tertiary/aromatic N) is 3. The summed E-state index contributed by atoms with van der Waals surface area (Å²) in [5.41, 5.74) is 8.00. The highest BCUT2D eigenvalue weighted by atomic mass is 31.3. The zero-order valence-corrected chi connectivity index (χ0v) is 15.6. The van der Waals surface area contributed by atoms with Gasteiger partial charge in [-0.2, -0.15) is 8.62 Å². The van der Waals surface area contributed by atoms with Crippen LogP contribution in [0.15, 0.2) is 5.11 Å². The number of azide groups is 1. The Bertz CT molecular complexity index is 672. The van der Waals surface area contributed by atoms with Crippen LogP contribution in [0.3, 0.4) is 0 Å². The third-order valence-electron chi connectivity index (χ3n) is 2.58. The van der Waals surface area contributed by atoms with Gasteiger partial charge in [-0.1, -0.05) is 5.11 Å². The molecular weight excluding hydrogens is 422 g/mol. The molecule has 6 unspecified atom stereocenters. The second-order valence-electron chi connectivity index (χ2n) is 4.67. The van der Waals surface area contributed by atoms with E-state index in [0.717, 1.165) is 0 Å². The lowest BCUT2D eigenvalue weighted by Gasteiger charge is -2.20. The van der Waals surface area contributed by atoms with Gasteiger partial charge in [-0.3, -0.25) is 9.05 Å². The molecule has 1 heterocycles. The van der Waals surface area contributed by atoms with E-state index in [1.54, 1.807) is 0 Å². The summed E-state index contributed by atoms with van der Waals surface area (Å²) in [6, 6.07) is -0.826. The minimum atomic E-state index is -5.59. The normalized spacial score (nSPS) is 29.9. The van der Waals surface area contributed by atoms with Crippen molar-refractivity contribution in [3.05, 3.63) is 10.4 Å². The average molecular weight is 437 g/mol. The van der Waals surface area contributed by atoms with Gasteiger partial charge in [0.05, 0.1) is 19.3 Å². The topological polar surface area (TPSA) is 227 Å². The molecule has 1 saturated heterocycles. The second kappa shape index (κ2) is 9.76. The summed E-state index contributed by atoms with van der Waals surface area (Å²) in [5, 5.41) is 12.5. The first kappa shape index (κ1) is 23.7. The van der Waals surface area contributed by atoms with Gasteiger partial charge in [-0.25, -0.2) is 13.7 Å². The van der Waals surface area contributed by atoms with Crippen LogP contribution in [-0.4, -0.2) is 65.6 Å². The van der Waals surface area contributed by atoms with Gasteiger partial charge in [0.15, 0.2) is 0 Å². The van der Waals surface area contributed by atoms with Gasteiger partial charge in [0.2, 0.25) is 0 Å². The molecule has 0 saturated carbocycles. The van der Waals surface area contributed by atoms with Crippen LogP contribution in [0.25, 0.3) is 10.4 Å². The highest BCUT2D eigenvalue weighted by Crippen LogP contribution is 2.67. The second-order valence-corrected chi connectivity index (χ2v) is 9.30. The summed E-state index contributed by atoms with van der Waals surface area (Å²) in [5.74, 6) is 0. The SMILES string of the molecule is [B]C1CC(O)C(COP(=O)(O)OP(=O)(O)OP(=O)(O)OCCN=[N+]=[N-])O1. The Morgan fingerprint density at radius 2 is 1.73 bits per heavy atom. The first-order valence-corrected chi connectivity index (χ1v) is 11.1. The molecule has 15 nitrogen and oxygen atoms in total. The predicted molar refractivity (Wildman–Crippen MR) is 82.6 cm³/mol. The monoisotopic (exact) mass is 437 g/mol. The first-order valence-electron chi connectivity index (χ1n) is 6.66. The summed E-state index contributed by atoms with van der Waals surface area (Å²) in [6.45, 7) is -1.78. The van der Waals surface area contributed by atoms with Crippen molar-refractivity contribution in [2.75, 3.05) is 19.8 Å². The molecule has 1 rings (SSSR count). The van der Waals surface area contributed by atoms with Crippen molar-refractivity contribution < 1.29 is 55.9 Å². The Labute approximate surface area is 148 Å². The molecule has 1 aliphatic heterocycles. The van der Waals surface area contributed by atoms with E-state index in [1.807, 2.05) is 0 Å². The van der Waals surface area contributed by atoms with Gasteiger partial charge in [0.25, 0.3) is 0 Å². The van der Waals surface area contributed by atoms with E-state index >= 15 is 0 Å². The fraction of sp³-hybridized carbons (Fsp3) is 1.00. The maximum atomic E-state index is 11.6. The molecule has 0 aromatic rings. The predicted octanol–water partition coefficient (Wildman–Crippen LogP) is 0.309. The van der Waals surface area contributed by atoms with E-state index in [4.69, 9.17) is 18.1 Å².